The second-order valence-electron chi connectivity index (χ2n) is 4.80. The molecule has 0 bridgehead atoms. The van der Waals surface area contributed by atoms with Crippen LogP contribution in [0, 0.1) is 11.3 Å². The molecule has 2 aromatic rings. The zero-order valence-corrected chi connectivity index (χ0v) is 12.0. The van der Waals surface area contributed by atoms with Crippen molar-refractivity contribution in [3.05, 3.63) is 70.8 Å². The molecule has 112 valence electrons. The van der Waals surface area contributed by atoms with Gasteiger partial charge in [0.2, 0.25) is 0 Å². The highest BCUT2D eigenvalue weighted by Crippen LogP contribution is 2.31. The molecule has 0 aliphatic rings. The van der Waals surface area contributed by atoms with E-state index in [9.17, 15) is 13.2 Å². The normalized spacial score (nSPS) is 12.0. The third kappa shape index (κ3) is 3.56. The summed E-state index contributed by atoms with van der Waals surface area (Å²) in [6.45, 7) is 1.93. The summed E-state index contributed by atoms with van der Waals surface area (Å²) in [5.41, 5.74) is 2.26. The second kappa shape index (κ2) is 6.48. The van der Waals surface area contributed by atoms with E-state index in [4.69, 9.17) is 5.26 Å². The average Bonchev–Trinajstić information content (AvgIpc) is 2.52. The largest absolute Gasteiger partial charge is 0.416 e. The lowest BCUT2D eigenvalue weighted by atomic mass is 9.97. The van der Waals surface area contributed by atoms with E-state index in [-0.39, 0.29) is 0 Å². The molecule has 0 amide bonds. The van der Waals surface area contributed by atoms with Crippen molar-refractivity contribution in [3.8, 4) is 6.07 Å². The van der Waals surface area contributed by atoms with Crippen LogP contribution in [-0.4, -0.2) is 0 Å². The third-order valence-electron chi connectivity index (χ3n) is 3.37. The van der Waals surface area contributed by atoms with Crippen LogP contribution in [0.1, 0.15) is 35.6 Å². The van der Waals surface area contributed by atoms with E-state index >= 15 is 0 Å². The lowest BCUT2D eigenvalue weighted by Crippen LogP contribution is -2.04. The van der Waals surface area contributed by atoms with E-state index in [1.165, 1.54) is 12.1 Å². The fourth-order valence-electron chi connectivity index (χ4n) is 2.18. The maximum atomic E-state index is 12.6. The van der Waals surface area contributed by atoms with Crippen molar-refractivity contribution >= 4 is 11.6 Å². The smallest absolute Gasteiger partial charge is 0.192 e. The minimum atomic E-state index is -4.33. The first-order chi connectivity index (χ1) is 10.5. The van der Waals surface area contributed by atoms with Gasteiger partial charge < -0.3 is 0 Å². The number of halogens is 3. The second-order valence-corrected chi connectivity index (χ2v) is 4.80. The molecule has 0 aromatic heterocycles. The summed E-state index contributed by atoms with van der Waals surface area (Å²) in [4.78, 5) is 0. The van der Waals surface area contributed by atoms with E-state index in [2.05, 4.69) is 6.07 Å². The number of allylic oxidation sites excluding steroid dienone is 1. The predicted molar refractivity (Wildman–Crippen MR) is 80.8 cm³/mol. The first kappa shape index (κ1) is 15.8. The SMILES string of the molecule is CC/C(=C\c1ccccc1C#N)c1ccc(C(F)(F)F)cc1. The van der Waals surface area contributed by atoms with Gasteiger partial charge >= 0.3 is 6.18 Å². The van der Waals surface area contributed by atoms with Gasteiger partial charge in [-0.2, -0.15) is 18.4 Å². The van der Waals surface area contributed by atoms with Crippen LogP contribution in [0.2, 0.25) is 0 Å². The highest BCUT2D eigenvalue weighted by Gasteiger charge is 2.29. The predicted octanol–water partition coefficient (Wildman–Crippen LogP) is 5.53. The van der Waals surface area contributed by atoms with Crippen molar-refractivity contribution < 1.29 is 13.2 Å². The minimum absolute atomic E-state index is 0.542. The van der Waals surface area contributed by atoms with Gasteiger partial charge in [-0.25, -0.2) is 0 Å². The topological polar surface area (TPSA) is 23.8 Å². The molecule has 0 unspecified atom stereocenters. The van der Waals surface area contributed by atoms with Gasteiger partial charge in [0, 0.05) is 0 Å². The van der Waals surface area contributed by atoms with Gasteiger partial charge in [0.1, 0.15) is 0 Å². The molecular weight excluding hydrogens is 287 g/mol. The maximum Gasteiger partial charge on any atom is 0.416 e. The summed E-state index contributed by atoms with van der Waals surface area (Å²) in [5, 5.41) is 9.10. The zero-order valence-electron chi connectivity index (χ0n) is 12.0. The number of benzene rings is 2. The molecule has 2 rings (SSSR count). The van der Waals surface area contributed by atoms with Crippen molar-refractivity contribution in [3.63, 3.8) is 0 Å². The molecule has 0 aliphatic heterocycles. The molecular formula is C18H14F3N. The molecule has 22 heavy (non-hydrogen) atoms. The van der Waals surface area contributed by atoms with Crippen molar-refractivity contribution in [2.45, 2.75) is 19.5 Å². The van der Waals surface area contributed by atoms with E-state index in [1.54, 1.807) is 12.1 Å². The standard InChI is InChI=1S/C18H14F3N/c1-2-13(11-15-5-3-4-6-16(15)12-22)14-7-9-17(10-8-14)18(19,20)21/h3-11H,2H2,1H3/b13-11+. The fourth-order valence-corrected chi connectivity index (χ4v) is 2.18. The lowest BCUT2D eigenvalue weighted by Gasteiger charge is -2.10. The Bertz CT molecular complexity index is 719. The summed E-state index contributed by atoms with van der Waals surface area (Å²) in [6.07, 6.45) is -1.83. The summed E-state index contributed by atoms with van der Waals surface area (Å²) in [5.74, 6) is 0. The van der Waals surface area contributed by atoms with Gasteiger partial charge in [-0.1, -0.05) is 37.3 Å². The molecule has 4 heteroatoms. The Balaban J connectivity index is 2.40. The average molecular weight is 301 g/mol. The first-order valence-electron chi connectivity index (χ1n) is 6.83. The Labute approximate surface area is 127 Å². The molecule has 0 saturated carbocycles. The van der Waals surface area contributed by atoms with Gasteiger partial charge in [0.05, 0.1) is 17.2 Å². The van der Waals surface area contributed by atoms with Crippen LogP contribution in [0.5, 0.6) is 0 Å². The van der Waals surface area contributed by atoms with E-state index < -0.39 is 11.7 Å². The molecule has 0 saturated heterocycles. The highest BCUT2D eigenvalue weighted by molar-refractivity contribution is 5.82. The van der Waals surface area contributed by atoms with Crippen LogP contribution in [0.25, 0.3) is 11.6 Å². The summed E-state index contributed by atoms with van der Waals surface area (Å²) in [7, 11) is 0. The Kier molecular flexibility index (Phi) is 4.67. The Hall–Kier alpha value is -2.54. The monoisotopic (exact) mass is 301 g/mol. The molecule has 0 spiro atoms. The number of nitrogens with zero attached hydrogens (tertiary/aromatic N) is 1. The minimum Gasteiger partial charge on any atom is -0.192 e. The molecule has 0 heterocycles. The molecule has 0 N–H and O–H groups in total. The number of rotatable bonds is 3. The summed E-state index contributed by atoms with van der Waals surface area (Å²) in [6, 6.07) is 14.3. The van der Waals surface area contributed by atoms with E-state index in [0.717, 1.165) is 28.8 Å². The number of hydrogen-bond donors (Lipinski definition) is 0. The van der Waals surface area contributed by atoms with Crippen LogP contribution in [0.3, 0.4) is 0 Å². The molecule has 1 nitrogen and oxygen atoms in total. The van der Waals surface area contributed by atoms with Crippen LogP contribution in [0.4, 0.5) is 13.2 Å². The summed E-state index contributed by atoms with van der Waals surface area (Å²) < 4.78 is 37.8. The molecule has 0 aliphatic carbocycles. The van der Waals surface area contributed by atoms with Crippen molar-refractivity contribution in [2.24, 2.45) is 0 Å². The van der Waals surface area contributed by atoms with Gasteiger partial charge in [-0.15, -0.1) is 0 Å². The molecule has 0 fully saturated rings. The number of hydrogen-bond acceptors (Lipinski definition) is 1. The van der Waals surface area contributed by atoms with Gasteiger partial charge in [0.15, 0.2) is 0 Å². The van der Waals surface area contributed by atoms with Gasteiger partial charge in [-0.3, -0.25) is 0 Å². The summed E-state index contributed by atoms with van der Waals surface area (Å²) >= 11 is 0. The van der Waals surface area contributed by atoms with Gasteiger partial charge in [0.25, 0.3) is 0 Å². The van der Waals surface area contributed by atoms with E-state index in [0.29, 0.717) is 12.0 Å². The van der Waals surface area contributed by atoms with Crippen LogP contribution >= 0.6 is 0 Å². The van der Waals surface area contributed by atoms with Crippen LogP contribution in [-0.2, 0) is 6.18 Å². The van der Waals surface area contributed by atoms with E-state index in [1.807, 2.05) is 25.1 Å². The van der Waals surface area contributed by atoms with Crippen molar-refractivity contribution in [2.75, 3.05) is 0 Å². The Morgan fingerprint density at radius 2 is 1.73 bits per heavy atom. The molecule has 0 radical (unpaired) electrons. The van der Waals surface area contributed by atoms with Crippen molar-refractivity contribution in [1.29, 1.82) is 5.26 Å². The molecule has 0 atom stereocenters. The quantitative estimate of drug-likeness (QED) is 0.684. The lowest BCUT2D eigenvalue weighted by molar-refractivity contribution is -0.137. The number of alkyl halides is 3. The highest BCUT2D eigenvalue weighted by atomic mass is 19.4. The Morgan fingerprint density at radius 1 is 1.09 bits per heavy atom. The Morgan fingerprint density at radius 3 is 2.27 bits per heavy atom. The fraction of sp³-hybridized carbons (Fsp3) is 0.167. The van der Waals surface area contributed by atoms with Crippen molar-refractivity contribution in [1.82, 2.24) is 0 Å². The molecule has 2 aromatic carbocycles. The maximum absolute atomic E-state index is 12.6. The number of nitriles is 1. The first-order valence-corrected chi connectivity index (χ1v) is 6.83. The van der Waals surface area contributed by atoms with Gasteiger partial charge in [-0.05, 0) is 47.4 Å². The zero-order chi connectivity index (χ0) is 16.2. The van der Waals surface area contributed by atoms with Crippen LogP contribution in [0.15, 0.2) is 48.5 Å². The van der Waals surface area contributed by atoms with Crippen LogP contribution < -0.4 is 0 Å². The third-order valence-corrected chi connectivity index (χ3v) is 3.37.